The number of aliphatic imine (C=N–C) groups is 1. The van der Waals surface area contributed by atoms with E-state index in [0.717, 1.165) is 30.0 Å². The summed E-state index contributed by atoms with van der Waals surface area (Å²) in [6, 6.07) is 15.9. The van der Waals surface area contributed by atoms with Crippen molar-refractivity contribution in [2.24, 2.45) is 4.99 Å². The van der Waals surface area contributed by atoms with Crippen LogP contribution >= 0.6 is 0 Å². The van der Waals surface area contributed by atoms with Gasteiger partial charge in [0.05, 0.1) is 7.11 Å². The number of nitrogens with zero attached hydrogens (tertiary/aromatic N) is 1. The second kappa shape index (κ2) is 7.13. The summed E-state index contributed by atoms with van der Waals surface area (Å²) in [7, 11) is 1.63. The fourth-order valence-electron chi connectivity index (χ4n) is 2.51. The molecule has 0 bridgehead atoms. The van der Waals surface area contributed by atoms with E-state index in [-0.39, 0.29) is 5.91 Å². The summed E-state index contributed by atoms with van der Waals surface area (Å²) in [5, 5.41) is 2.85. The van der Waals surface area contributed by atoms with Gasteiger partial charge in [-0.1, -0.05) is 42.0 Å². The predicted molar refractivity (Wildman–Crippen MR) is 96.0 cm³/mol. The van der Waals surface area contributed by atoms with Gasteiger partial charge >= 0.3 is 0 Å². The van der Waals surface area contributed by atoms with Gasteiger partial charge < -0.3 is 10.1 Å². The minimum Gasteiger partial charge on any atom is -0.497 e. The summed E-state index contributed by atoms with van der Waals surface area (Å²) in [6.45, 7) is 2.07. The third-order valence-electron chi connectivity index (χ3n) is 3.94. The highest BCUT2D eigenvalue weighted by Crippen LogP contribution is 2.17. The molecule has 0 saturated carbocycles. The maximum atomic E-state index is 12.0. The molecule has 0 spiro atoms. The lowest BCUT2D eigenvalue weighted by Gasteiger charge is -2.02. The van der Waals surface area contributed by atoms with E-state index < -0.39 is 0 Å². The first kappa shape index (κ1) is 16.0. The number of rotatable bonds is 5. The minimum atomic E-state index is -0.148. The number of aryl methyl sites for hydroxylation is 2. The Hall–Kier alpha value is -2.88. The Labute approximate surface area is 141 Å². The van der Waals surface area contributed by atoms with E-state index in [2.05, 4.69) is 41.5 Å². The van der Waals surface area contributed by atoms with Gasteiger partial charge in [-0.25, -0.2) is 4.99 Å². The van der Waals surface area contributed by atoms with Gasteiger partial charge in [-0.05, 0) is 42.7 Å². The van der Waals surface area contributed by atoms with E-state index in [1.54, 1.807) is 13.2 Å². The molecule has 0 unspecified atom stereocenters. The van der Waals surface area contributed by atoms with Crippen LogP contribution in [0.3, 0.4) is 0 Å². The average Bonchev–Trinajstić information content (AvgIpc) is 2.95. The maximum Gasteiger partial charge on any atom is 0.275 e. The Morgan fingerprint density at radius 1 is 1.04 bits per heavy atom. The second-order valence-corrected chi connectivity index (χ2v) is 5.80. The largest absolute Gasteiger partial charge is 0.497 e. The molecular formula is C20H20N2O2. The highest BCUT2D eigenvalue weighted by Gasteiger charge is 2.19. The van der Waals surface area contributed by atoms with Crippen LogP contribution in [0.5, 0.6) is 5.75 Å². The Kier molecular flexibility index (Phi) is 4.75. The van der Waals surface area contributed by atoms with Crippen molar-refractivity contribution in [1.82, 2.24) is 5.32 Å². The maximum absolute atomic E-state index is 12.0. The van der Waals surface area contributed by atoms with Crippen molar-refractivity contribution in [3.63, 3.8) is 0 Å². The van der Waals surface area contributed by atoms with Crippen molar-refractivity contribution >= 4 is 17.8 Å². The highest BCUT2D eigenvalue weighted by atomic mass is 16.5. The van der Waals surface area contributed by atoms with Gasteiger partial charge in [-0.2, -0.15) is 0 Å². The molecule has 1 amide bonds. The summed E-state index contributed by atoms with van der Waals surface area (Å²) >= 11 is 0. The number of hydrogen-bond acceptors (Lipinski definition) is 3. The zero-order valence-electron chi connectivity index (χ0n) is 13.9. The van der Waals surface area contributed by atoms with Gasteiger partial charge in [0.15, 0.2) is 0 Å². The Bertz CT molecular complexity index is 787. The molecule has 1 heterocycles. The van der Waals surface area contributed by atoms with Crippen molar-refractivity contribution < 1.29 is 9.53 Å². The molecule has 0 radical (unpaired) electrons. The topological polar surface area (TPSA) is 50.7 Å². The van der Waals surface area contributed by atoms with Crippen LogP contribution in [0.15, 0.2) is 59.2 Å². The Morgan fingerprint density at radius 2 is 1.75 bits per heavy atom. The lowest BCUT2D eigenvalue weighted by Crippen LogP contribution is -2.24. The lowest BCUT2D eigenvalue weighted by atomic mass is 10.1. The van der Waals surface area contributed by atoms with Crippen molar-refractivity contribution in [2.45, 2.75) is 19.8 Å². The lowest BCUT2D eigenvalue weighted by molar-refractivity contribution is -0.115. The molecule has 0 saturated heterocycles. The van der Waals surface area contributed by atoms with Crippen molar-refractivity contribution in [2.75, 3.05) is 7.11 Å². The van der Waals surface area contributed by atoms with E-state index in [1.807, 2.05) is 24.3 Å². The number of amidine groups is 1. The molecule has 4 heteroatoms. The monoisotopic (exact) mass is 320 g/mol. The minimum absolute atomic E-state index is 0.148. The molecule has 0 fully saturated rings. The second-order valence-electron chi connectivity index (χ2n) is 5.80. The van der Waals surface area contributed by atoms with Crippen molar-refractivity contribution in [3.05, 3.63) is 70.9 Å². The average molecular weight is 320 g/mol. The molecule has 24 heavy (non-hydrogen) atoms. The van der Waals surface area contributed by atoms with E-state index in [1.165, 1.54) is 11.1 Å². The zero-order valence-corrected chi connectivity index (χ0v) is 13.9. The summed E-state index contributed by atoms with van der Waals surface area (Å²) in [5.41, 5.74) is 3.85. The van der Waals surface area contributed by atoms with Crippen LogP contribution in [0, 0.1) is 6.92 Å². The molecule has 0 aliphatic carbocycles. The molecule has 122 valence electrons. The van der Waals surface area contributed by atoms with Crippen LogP contribution in [0.25, 0.3) is 6.08 Å². The first-order valence-corrected chi connectivity index (χ1v) is 7.94. The number of carbonyl (C=O) groups excluding carboxylic acids is 1. The molecule has 1 aliphatic heterocycles. The van der Waals surface area contributed by atoms with Crippen LogP contribution in [-0.4, -0.2) is 18.9 Å². The number of nitrogens with one attached hydrogen (secondary N) is 1. The third kappa shape index (κ3) is 3.90. The molecule has 1 aliphatic rings. The molecule has 0 aromatic heterocycles. The molecule has 2 aromatic carbocycles. The van der Waals surface area contributed by atoms with Crippen LogP contribution < -0.4 is 10.1 Å². The van der Waals surface area contributed by atoms with Crippen molar-refractivity contribution in [3.8, 4) is 5.75 Å². The number of methoxy groups -OCH3 is 1. The number of hydrogen-bond donors (Lipinski definition) is 1. The van der Waals surface area contributed by atoms with Crippen LogP contribution in [0.2, 0.25) is 0 Å². The van der Waals surface area contributed by atoms with E-state index >= 15 is 0 Å². The van der Waals surface area contributed by atoms with Gasteiger partial charge in [0.25, 0.3) is 5.91 Å². The van der Waals surface area contributed by atoms with Crippen molar-refractivity contribution in [1.29, 1.82) is 0 Å². The fraction of sp³-hybridized carbons (Fsp3) is 0.200. The van der Waals surface area contributed by atoms with Gasteiger partial charge in [0.1, 0.15) is 17.3 Å². The first-order valence-electron chi connectivity index (χ1n) is 7.94. The SMILES string of the molecule is COc1ccc(/C=C2/N=C(CCc3ccc(C)cc3)NC2=O)cc1. The summed E-state index contributed by atoms with van der Waals surface area (Å²) < 4.78 is 5.13. The first-order chi connectivity index (χ1) is 11.6. The number of amides is 1. The van der Waals surface area contributed by atoms with E-state index in [0.29, 0.717) is 5.70 Å². The third-order valence-corrected chi connectivity index (χ3v) is 3.94. The van der Waals surface area contributed by atoms with Gasteiger partial charge in [0.2, 0.25) is 0 Å². The Balaban J connectivity index is 1.67. The predicted octanol–water partition coefficient (Wildman–Crippen LogP) is 3.51. The van der Waals surface area contributed by atoms with Gasteiger partial charge in [-0.3, -0.25) is 4.79 Å². The van der Waals surface area contributed by atoms with Crippen LogP contribution in [0.1, 0.15) is 23.1 Å². The number of benzene rings is 2. The molecule has 3 rings (SSSR count). The van der Waals surface area contributed by atoms with E-state index in [9.17, 15) is 4.79 Å². The quantitative estimate of drug-likeness (QED) is 0.857. The summed E-state index contributed by atoms with van der Waals surface area (Å²) in [4.78, 5) is 16.5. The summed E-state index contributed by atoms with van der Waals surface area (Å²) in [6.07, 6.45) is 3.36. The molecule has 1 N–H and O–H groups in total. The number of carbonyl (C=O) groups is 1. The van der Waals surface area contributed by atoms with Gasteiger partial charge in [0, 0.05) is 6.42 Å². The standard InChI is InChI=1S/C20H20N2O2/c1-14-3-5-15(6-4-14)9-12-19-21-18(20(23)22-19)13-16-7-10-17(24-2)11-8-16/h3-8,10-11,13H,9,12H2,1-2H3,(H,21,22,23)/b18-13+. The van der Waals surface area contributed by atoms with Crippen LogP contribution in [0.4, 0.5) is 0 Å². The molecule has 2 aromatic rings. The summed E-state index contributed by atoms with van der Waals surface area (Å²) in [5.74, 6) is 1.36. The smallest absolute Gasteiger partial charge is 0.275 e. The molecular weight excluding hydrogens is 300 g/mol. The van der Waals surface area contributed by atoms with Gasteiger partial charge in [-0.15, -0.1) is 0 Å². The Morgan fingerprint density at radius 3 is 2.42 bits per heavy atom. The normalized spacial score (nSPS) is 15.3. The molecule has 4 nitrogen and oxygen atoms in total. The zero-order chi connectivity index (χ0) is 16.9. The molecule has 0 atom stereocenters. The highest BCUT2D eigenvalue weighted by molar-refractivity contribution is 6.14. The van der Waals surface area contributed by atoms with E-state index in [4.69, 9.17) is 4.74 Å². The fourth-order valence-corrected chi connectivity index (χ4v) is 2.51. The van der Waals surface area contributed by atoms with Crippen LogP contribution in [-0.2, 0) is 11.2 Å². The number of ether oxygens (including phenoxy) is 1.